The van der Waals surface area contributed by atoms with Crippen LogP contribution in [0.3, 0.4) is 0 Å². The number of likely N-dealkylation sites (tertiary alicyclic amines) is 2. The Hall–Kier alpha value is -3.10. The zero-order valence-corrected chi connectivity index (χ0v) is 23.4. The smallest absolute Gasteiger partial charge is 0.321 e. The first-order chi connectivity index (χ1) is 19.7. The molecule has 1 aliphatic carbocycles. The van der Waals surface area contributed by atoms with Crippen LogP contribution >= 0.6 is 0 Å². The van der Waals surface area contributed by atoms with E-state index in [1.54, 1.807) is 0 Å². The fourth-order valence-corrected chi connectivity index (χ4v) is 7.58. The van der Waals surface area contributed by atoms with E-state index in [1.165, 1.54) is 17.5 Å². The van der Waals surface area contributed by atoms with E-state index in [-0.39, 0.29) is 12.0 Å². The molecule has 6 rings (SSSR count). The molecule has 0 spiro atoms. The van der Waals surface area contributed by atoms with Crippen molar-refractivity contribution in [3.05, 3.63) is 77.6 Å². The van der Waals surface area contributed by atoms with Crippen LogP contribution in [-0.2, 0) is 11.3 Å². The summed E-state index contributed by atoms with van der Waals surface area (Å²) >= 11 is 0. The first-order valence-corrected chi connectivity index (χ1v) is 15.2. The zero-order chi connectivity index (χ0) is 27.3. The average Bonchev–Trinajstić information content (AvgIpc) is 3.62. The maximum atomic E-state index is 12.5. The summed E-state index contributed by atoms with van der Waals surface area (Å²) in [7, 11) is 0. The predicted molar refractivity (Wildman–Crippen MR) is 154 cm³/mol. The summed E-state index contributed by atoms with van der Waals surface area (Å²) in [6.45, 7) is 5.45. The van der Waals surface area contributed by atoms with Crippen LogP contribution in [0.5, 0.6) is 0 Å². The van der Waals surface area contributed by atoms with Crippen molar-refractivity contribution >= 4 is 5.97 Å². The van der Waals surface area contributed by atoms with Crippen molar-refractivity contribution in [1.29, 1.82) is 0 Å². The van der Waals surface area contributed by atoms with Crippen molar-refractivity contribution in [3.63, 3.8) is 0 Å². The van der Waals surface area contributed by atoms with Gasteiger partial charge in [0.15, 0.2) is 5.82 Å². The molecule has 8 heteroatoms. The van der Waals surface area contributed by atoms with Gasteiger partial charge >= 0.3 is 5.97 Å². The Balaban J connectivity index is 1.12. The summed E-state index contributed by atoms with van der Waals surface area (Å²) in [6, 6.07) is 20.8. The minimum absolute atomic E-state index is 0.277. The molecule has 212 valence electrons. The van der Waals surface area contributed by atoms with E-state index in [2.05, 4.69) is 79.9 Å². The molecule has 1 aromatic heterocycles. The third-order valence-electron chi connectivity index (χ3n) is 9.62. The quantitative estimate of drug-likeness (QED) is 0.421. The monoisotopic (exact) mass is 542 g/mol. The van der Waals surface area contributed by atoms with Crippen LogP contribution in [-0.4, -0.2) is 79.8 Å². The first kappa shape index (κ1) is 27.1. The van der Waals surface area contributed by atoms with Crippen LogP contribution < -0.4 is 0 Å². The molecule has 8 nitrogen and oxygen atoms in total. The molecule has 2 saturated heterocycles. The lowest BCUT2D eigenvalue weighted by molar-refractivity contribution is -0.145. The Bertz CT molecular complexity index is 1220. The van der Waals surface area contributed by atoms with E-state index in [0.717, 1.165) is 77.1 Å². The molecular weight excluding hydrogens is 500 g/mol. The lowest BCUT2D eigenvalue weighted by Crippen LogP contribution is -2.46. The number of tetrazole rings is 1. The largest absolute Gasteiger partial charge is 0.480 e. The van der Waals surface area contributed by atoms with Crippen LogP contribution in [0.25, 0.3) is 0 Å². The van der Waals surface area contributed by atoms with Crippen LogP contribution in [0.4, 0.5) is 0 Å². The second-order valence-electron chi connectivity index (χ2n) is 12.2. The Kier molecular flexibility index (Phi) is 8.54. The third-order valence-corrected chi connectivity index (χ3v) is 9.62. The topological polar surface area (TPSA) is 87.4 Å². The number of benzene rings is 2. The maximum absolute atomic E-state index is 12.5. The molecule has 0 radical (unpaired) electrons. The number of hydrogen-bond acceptors (Lipinski definition) is 6. The molecule has 40 heavy (non-hydrogen) atoms. The molecule has 0 amide bonds. The van der Waals surface area contributed by atoms with Crippen LogP contribution in [0.15, 0.2) is 60.7 Å². The average molecular weight is 543 g/mol. The van der Waals surface area contributed by atoms with Crippen LogP contribution in [0.2, 0.25) is 0 Å². The second kappa shape index (κ2) is 12.6. The van der Waals surface area contributed by atoms with Crippen molar-refractivity contribution in [2.24, 2.45) is 11.8 Å². The molecule has 1 saturated carbocycles. The first-order valence-electron chi connectivity index (χ1n) is 15.2. The van der Waals surface area contributed by atoms with Gasteiger partial charge in [-0.3, -0.25) is 9.69 Å². The highest BCUT2D eigenvalue weighted by Gasteiger charge is 2.43. The molecule has 0 bridgehead atoms. The fraction of sp³-hybridized carbons (Fsp3) is 0.562. The lowest BCUT2D eigenvalue weighted by Gasteiger charge is -2.35. The Morgan fingerprint density at radius 2 is 1.60 bits per heavy atom. The van der Waals surface area contributed by atoms with Gasteiger partial charge in [-0.25, -0.2) is 4.68 Å². The molecule has 1 unspecified atom stereocenters. The number of carboxylic acid groups (broad SMARTS) is 1. The van der Waals surface area contributed by atoms with Gasteiger partial charge in [0.1, 0.15) is 6.04 Å². The highest BCUT2D eigenvalue weighted by Crippen LogP contribution is 2.39. The summed E-state index contributed by atoms with van der Waals surface area (Å²) in [6.07, 6.45) is 7.75. The Morgan fingerprint density at radius 3 is 2.30 bits per heavy atom. The van der Waals surface area contributed by atoms with Gasteiger partial charge in [0.2, 0.25) is 0 Å². The Labute approximate surface area is 237 Å². The molecule has 2 aliphatic heterocycles. The molecule has 3 fully saturated rings. The molecule has 3 atom stereocenters. The summed E-state index contributed by atoms with van der Waals surface area (Å²) in [5.41, 5.74) is 2.55. The molecule has 3 aliphatic rings. The fourth-order valence-electron chi connectivity index (χ4n) is 7.58. The van der Waals surface area contributed by atoms with Gasteiger partial charge in [-0.15, -0.1) is 5.10 Å². The van der Waals surface area contributed by atoms with Crippen molar-refractivity contribution in [2.75, 3.05) is 32.7 Å². The highest BCUT2D eigenvalue weighted by atomic mass is 16.4. The van der Waals surface area contributed by atoms with Gasteiger partial charge in [-0.2, -0.15) is 0 Å². The number of nitrogens with zero attached hydrogens (tertiary/aromatic N) is 6. The maximum Gasteiger partial charge on any atom is 0.321 e. The van der Waals surface area contributed by atoms with E-state index >= 15 is 0 Å². The van der Waals surface area contributed by atoms with Crippen molar-refractivity contribution < 1.29 is 9.90 Å². The normalized spacial score (nSPS) is 24.3. The second-order valence-corrected chi connectivity index (χ2v) is 12.2. The zero-order valence-electron chi connectivity index (χ0n) is 23.4. The van der Waals surface area contributed by atoms with Crippen molar-refractivity contribution in [1.82, 2.24) is 30.0 Å². The van der Waals surface area contributed by atoms with Gasteiger partial charge in [-0.1, -0.05) is 79.9 Å². The third kappa shape index (κ3) is 6.13. The number of aromatic nitrogens is 4. The van der Waals surface area contributed by atoms with E-state index in [9.17, 15) is 9.90 Å². The molecule has 3 heterocycles. The number of aliphatic carboxylic acids is 1. The van der Waals surface area contributed by atoms with E-state index < -0.39 is 5.97 Å². The van der Waals surface area contributed by atoms with Gasteiger partial charge in [-0.05, 0) is 72.2 Å². The van der Waals surface area contributed by atoms with Gasteiger partial charge in [0.05, 0.1) is 6.54 Å². The Morgan fingerprint density at radius 1 is 0.900 bits per heavy atom. The lowest BCUT2D eigenvalue weighted by atomic mass is 9.83. The number of carboxylic acids is 1. The minimum Gasteiger partial charge on any atom is -0.480 e. The molecule has 2 aromatic carbocycles. The van der Waals surface area contributed by atoms with Gasteiger partial charge < -0.3 is 10.0 Å². The van der Waals surface area contributed by atoms with Gasteiger partial charge in [0, 0.05) is 31.5 Å². The highest BCUT2D eigenvalue weighted by molar-refractivity contribution is 5.74. The van der Waals surface area contributed by atoms with Crippen LogP contribution in [0.1, 0.15) is 73.7 Å². The minimum atomic E-state index is -0.631. The standard InChI is InChI=1S/C32H42N6O2/c39-32(40)30(26-14-8-3-9-15-26)37-22-28(29(23-37)25-12-6-2-7-13-25)21-36-18-16-27(17-19-36)31-33-34-35-38(31)20-24-10-4-1-5-11-24/h1-2,4-7,10-13,26-30H,3,8-9,14-23H2,(H,39,40)/t28-,29?,30+/m0/s1. The van der Waals surface area contributed by atoms with Crippen molar-refractivity contribution in [3.8, 4) is 0 Å². The summed E-state index contributed by atoms with van der Waals surface area (Å²) < 4.78 is 1.97. The summed E-state index contributed by atoms with van der Waals surface area (Å²) in [5.74, 6) is 1.79. The summed E-state index contributed by atoms with van der Waals surface area (Å²) in [5, 5.41) is 23.1. The predicted octanol–water partition coefficient (Wildman–Crippen LogP) is 4.65. The van der Waals surface area contributed by atoms with E-state index in [4.69, 9.17) is 0 Å². The van der Waals surface area contributed by atoms with E-state index in [0.29, 0.717) is 24.3 Å². The number of piperidine rings is 1. The number of carbonyl (C=O) groups is 1. The summed E-state index contributed by atoms with van der Waals surface area (Å²) in [4.78, 5) is 17.5. The van der Waals surface area contributed by atoms with Gasteiger partial charge in [0.25, 0.3) is 0 Å². The van der Waals surface area contributed by atoms with Crippen LogP contribution in [0, 0.1) is 11.8 Å². The molecular formula is C32H42N6O2. The van der Waals surface area contributed by atoms with Crippen molar-refractivity contribution in [2.45, 2.75) is 69.4 Å². The molecule has 1 N–H and O–H groups in total. The number of hydrogen-bond donors (Lipinski definition) is 1. The van der Waals surface area contributed by atoms with E-state index in [1.807, 2.05) is 10.7 Å². The molecule has 3 aromatic rings. The SMILES string of the molecule is O=C(O)[C@@H](C1CCCCC1)N1CC(c2ccccc2)[C@@H](CN2CCC(c3nnnn3Cc3ccccc3)CC2)C1. The number of rotatable bonds is 9.